The maximum Gasteiger partial charge on any atom is 0.229 e. The van der Waals surface area contributed by atoms with E-state index in [9.17, 15) is 61.0 Å². The van der Waals surface area contributed by atoms with Crippen molar-refractivity contribution in [1.29, 1.82) is 0 Å². The number of hydrogen-bond acceptors (Lipinski definition) is 19. The Morgan fingerprint density at radius 3 is 1.75 bits per heavy atom. The molecule has 0 bridgehead atoms. The van der Waals surface area contributed by atoms with Crippen molar-refractivity contribution in [2.75, 3.05) is 13.2 Å². The number of ether oxygens (including phenoxy) is 6. The Morgan fingerprint density at radius 2 is 1.21 bits per heavy atom. The zero-order valence-electron chi connectivity index (χ0n) is 28.3. The van der Waals surface area contributed by atoms with Crippen molar-refractivity contribution in [3.63, 3.8) is 0 Å². The fourth-order valence-electron chi connectivity index (χ4n) is 6.84. The van der Waals surface area contributed by atoms with E-state index in [1.807, 2.05) is 0 Å². The highest BCUT2D eigenvalue weighted by Gasteiger charge is 2.54. The summed E-state index contributed by atoms with van der Waals surface area (Å²) in [5.74, 6) is 0.177. The first-order valence-corrected chi connectivity index (χ1v) is 17.0. The molecule has 1 aliphatic carbocycles. The van der Waals surface area contributed by atoms with Crippen LogP contribution in [-0.2, 0) is 23.7 Å². The lowest BCUT2D eigenvalue weighted by molar-refractivity contribution is -0.372. The summed E-state index contributed by atoms with van der Waals surface area (Å²) in [5.41, 5.74) is 0.824. The van der Waals surface area contributed by atoms with E-state index in [-0.39, 0.29) is 5.75 Å². The van der Waals surface area contributed by atoms with Crippen molar-refractivity contribution in [3.05, 3.63) is 41.5 Å². The number of benzene rings is 1. The zero-order chi connectivity index (χ0) is 38.0. The van der Waals surface area contributed by atoms with Gasteiger partial charge >= 0.3 is 0 Å². The summed E-state index contributed by atoms with van der Waals surface area (Å²) >= 11 is 0. The van der Waals surface area contributed by atoms with Gasteiger partial charge < -0.3 is 89.9 Å². The van der Waals surface area contributed by atoms with Gasteiger partial charge in [-0.3, -0.25) is 4.79 Å². The van der Waals surface area contributed by atoms with E-state index < -0.39 is 130 Å². The van der Waals surface area contributed by atoms with Crippen LogP contribution in [0.2, 0.25) is 0 Å². The molecule has 0 radical (unpaired) electrons. The van der Waals surface area contributed by atoms with Gasteiger partial charge in [-0.2, -0.15) is 0 Å². The van der Waals surface area contributed by atoms with E-state index >= 15 is 0 Å². The molecule has 3 saturated heterocycles. The quantitative estimate of drug-likeness (QED) is 0.0702. The van der Waals surface area contributed by atoms with Crippen LogP contribution in [-0.4, -0.2) is 192 Å². The predicted molar refractivity (Wildman–Crippen MR) is 171 cm³/mol. The maximum absolute atomic E-state index is 11.1. The molecule has 3 fully saturated rings. The lowest BCUT2D eigenvalue weighted by atomic mass is 9.85. The molecule has 0 aromatic heterocycles. The number of aliphatic hydroxyl groups excluding tert-OH is 11. The fourth-order valence-corrected chi connectivity index (χ4v) is 6.84. The third-order valence-electron chi connectivity index (χ3n) is 9.95. The highest BCUT2D eigenvalue weighted by molar-refractivity contribution is 5.74. The Hall–Kier alpha value is -2.25. The van der Waals surface area contributed by atoms with Gasteiger partial charge in [-0.25, -0.2) is 0 Å². The first-order valence-electron chi connectivity index (χ1n) is 17.0. The Bertz CT molecular complexity index is 1330. The molecule has 1 aromatic rings. The third kappa shape index (κ3) is 8.36. The lowest BCUT2D eigenvalue weighted by Crippen LogP contribution is -2.68. The largest absolute Gasteiger partial charge is 0.462 e. The van der Waals surface area contributed by atoms with E-state index in [4.69, 9.17) is 28.4 Å². The molecule has 1 aromatic carbocycles. The second-order valence-electron chi connectivity index (χ2n) is 13.3. The number of rotatable bonds is 12. The molecule has 294 valence electrons. The van der Waals surface area contributed by atoms with Gasteiger partial charge in [0.25, 0.3) is 0 Å². The Morgan fingerprint density at radius 1 is 0.692 bits per heavy atom. The Balaban J connectivity index is 1.22. The van der Waals surface area contributed by atoms with Crippen molar-refractivity contribution >= 4 is 6.29 Å². The molecule has 19 atom stereocenters. The van der Waals surface area contributed by atoms with Gasteiger partial charge in [-0.1, -0.05) is 13.0 Å². The average Bonchev–Trinajstić information content (AvgIpc) is 3.14. The number of carbonyl (C=O) groups excluding carboxylic acids is 1. The van der Waals surface area contributed by atoms with E-state index in [1.165, 1.54) is 37.3 Å². The van der Waals surface area contributed by atoms with Crippen LogP contribution in [0, 0.1) is 0 Å². The summed E-state index contributed by atoms with van der Waals surface area (Å²) in [6.07, 6.45) is -24.2. The highest BCUT2D eigenvalue weighted by atomic mass is 16.8. The van der Waals surface area contributed by atoms with Gasteiger partial charge in [0.05, 0.1) is 31.4 Å². The monoisotopic (exact) mass is 747 g/mol. The molecule has 0 spiro atoms. The van der Waals surface area contributed by atoms with Crippen molar-refractivity contribution in [3.8, 4) is 5.75 Å². The molecule has 0 saturated carbocycles. The minimum atomic E-state index is -1.94. The fraction of sp³-hybridized carbons (Fsp3) is 0.727. The molecule has 12 N–H and O–H groups in total. The smallest absolute Gasteiger partial charge is 0.229 e. The van der Waals surface area contributed by atoms with Crippen molar-refractivity contribution < 1.29 is 89.4 Å². The summed E-state index contributed by atoms with van der Waals surface area (Å²) < 4.78 is 34.1. The third-order valence-corrected chi connectivity index (χ3v) is 9.95. The Labute approximate surface area is 298 Å². The van der Waals surface area contributed by atoms with Gasteiger partial charge in [0.1, 0.15) is 91.4 Å². The minimum absolute atomic E-state index is 0.177. The second kappa shape index (κ2) is 17.5. The molecule has 19 heteroatoms. The first-order chi connectivity index (χ1) is 24.7. The maximum atomic E-state index is 11.1. The number of aliphatic hydroxyl groups is 11. The van der Waals surface area contributed by atoms with Crippen molar-refractivity contribution in [2.24, 2.45) is 0 Å². The summed E-state index contributed by atoms with van der Waals surface area (Å²) in [4.78, 5) is 10.9. The summed E-state index contributed by atoms with van der Waals surface area (Å²) in [5, 5.41) is 120. The van der Waals surface area contributed by atoms with Gasteiger partial charge in [0.2, 0.25) is 6.29 Å². The summed E-state index contributed by atoms with van der Waals surface area (Å²) in [7, 11) is 0. The van der Waals surface area contributed by atoms with E-state index in [0.717, 1.165) is 0 Å². The predicted octanol–water partition coefficient (Wildman–Crippen LogP) is -5.25. The molecule has 19 unspecified atom stereocenters. The molecule has 3 aliphatic heterocycles. The van der Waals surface area contributed by atoms with Crippen molar-refractivity contribution in [1.82, 2.24) is 5.32 Å². The molecule has 3 heterocycles. The van der Waals surface area contributed by atoms with E-state index in [0.29, 0.717) is 23.8 Å². The number of carbonyl (C=O) groups is 1. The zero-order valence-corrected chi connectivity index (χ0v) is 28.3. The Kier molecular flexibility index (Phi) is 13.8. The SMILES string of the molecule is CCC1=CC(NC2C(C)OC(OC3C(CO)OC(OC4C(CO)OC(Oc5ccc(C=O)cc5)C(O)C4O)C(O)C3O)C(O)C2O)C(O)C(O)C1O. The molecule has 52 heavy (non-hydrogen) atoms. The first kappa shape index (κ1) is 40.9. The minimum Gasteiger partial charge on any atom is -0.462 e. The van der Waals surface area contributed by atoms with Crippen LogP contribution in [0.1, 0.15) is 30.6 Å². The molecule has 0 amide bonds. The van der Waals surface area contributed by atoms with Gasteiger partial charge in [-0.05, 0) is 43.2 Å². The molecule has 19 nitrogen and oxygen atoms in total. The lowest BCUT2D eigenvalue weighted by Gasteiger charge is -2.48. The highest BCUT2D eigenvalue weighted by Crippen LogP contribution is 2.33. The summed E-state index contributed by atoms with van der Waals surface area (Å²) in [6, 6.07) is 3.81. The molecular formula is C33H49NO18. The number of hydrogen-bond donors (Lipinski definition) is 12. The van der Waals surface area contributed by atoms with Gasteiger partial charge in [0.15, 0.2) is 12.6 Å². The average molecular weight is 748 g/mol. The molecule has 5 rings (SSSR count). The van der Waals surface area contributed by atoms with Crippen LogP contribution in [0.5, 0.6) is 5.75 Å². The molecular weight excluding hydrogens is 698 g/mol. The normalized spacial score (nSPS) is 45.6. The van der Waals surface area contributed by atoms with Crippen LogP contribution in [0.25, 0.3) is 0 Å². The molecule has 4 aliphatic rings. The van der Waals surface area contributed by atoms with Crippen LogP contribution < -0.4 is 10.1 Å². The van der Waals surface area contributed by atoms with Crippen LogP contribution in [0.15, 0.2) is 35.9 Å². The van der Waals surface area contributed by atoms with Gasteiger partial charge in [0, 0.05) is 5.56 Å². The van der Waals surface area contributed by atoms with E-state index in [2.05, 4.69) is 5.32 Å². The van der Waals surface area contributed by atoms with Crippen LogP contribution >= 0.6 is 0 Å². The van der Waals surface area contributed by atoms with E-state index in [1.54, 1.807) is 6.92 Å². The number of nitrogens with one attached hydrogen (secondary N) is 1. The van der Waals surface area contributed by atoms with Gasteiger partial charge in [-0.15, -0.1) is 0 Å². The summed E-state index contributed by atoms with van der Waals surface area (Å²) in [6.45, 7) is 1.69. The second-order valence-corrected chi connectivity index (χ2v) is 13.3. The number of aldehydes is 1. The standard InChI is InChI=1S/C33H49NO18/c1-3-14-8-16(21(39)23(41)20(14)38)34-19-12(2)47-31(26(44)22(19)40)51-29-18(11-37)50-33(28(46)25(29)43)52-30-17(10-36)49-32(27(45)24(30)42)48-15-6-4-13(9-35)5-7-15/h4-9,12,16-34,36-46H,3,10-11H2,1-2H3. The topological polar surface area (TPSA) is 307 Å². The van der Waals surface area contributed by atoms with Crippen LogP contribution in [0.4, 0.5) is 0 Å². The van der Waals surface area contributed by atoms with Crippen LogP contribution in [0.3, 0.4) is 0 Å². The van der Waals surface area contributed by atoms with Crippen molar-refractivity contribution in [2.45, 2.75) is 137 Å².